The van der Waals surface area contributed by atoms with E-state index >= 15 is 0 Å². The maximum atomic E-state index is 13.5. The van der Waals surface area contributed by atoms with Crippen molar-refractivity contribution < 1.29 is 28.7 Å². The number of nitro benzene ring substituents is 1. The monoisotopic (exact) mass is 462 g/mol. The number of hydrogen-bond donors (Lipinski definition) is 0. The lowest BCUT2D eigenvalue weighted by Crippen LogP contribution is -2.35. The number of rotatable bonds is 7. The van der Waals surface area contributed by atoms with Gasteiger partial charge in [-0.25, -0.2) is 4.79 Å². The zero-order chi connectivity index (χ0) is 24.2. The third-order valence-corrected chi connectivity index (χ3v) is 5.63. The topological polar surface area (TPSA) is 108 Å². The number of ether oxygens (including phenoxy) is 3. The highest BCUT2D eigenvalue weighted by Gasteiger charge is 2.41. The van der Waals surface area contributed by atoms with Gasteiger partial charge in [0.05, 0.1) is 25.2 Å². The van der Waals surface area contributed by atoms with Crippen LogP contribution in [0.1, 0.15) is 33.1 Å². The SMILES string of the molecule is COC(=O)[C@@H]1c2ccccc2CN1C(=O)c1cc(OC)c(OCc2ccccc2)cc1[N+](=O)[O-]. The Hall–Kier alpha value is -4.40. The first-order valence-electron chi connectivity index (χ1n) is 10.4. The van der Waals surface area contributed by atoms with Crippen LogP contribution in [0.4, 0.5) is 5.69 Å². The molecule has 0 spiro atoms. The third kappa shape index (κ3) is 4.27. The molecule has 0 fully saturated rings. The minimum atomic E-state index is -1.01. The standard InChI is InChI=1S/C25H22N2O7/c1-32-21-12-19(20(27(30)31)13-22(21)34-15-16-8-4-3-5-9-16)24(28)26-14-17-10-6-7-11-18(17)23(26)25(29)33-2/h3-13,23H,14-15H2,1-2H3/t23-/m0/s1. The van der Waals surface area contributed by atoms with Gasteiger partial charge in [0.15, 0.2) is 17.5 Å². The van der Waals surface area contributed by atoms with Gasteiger partial charge in [-0.1, -0.05) is 54.6 Å². The molecule has 1 atom stereocenters. The normalized spacial score (nSPS) is 14.3. The van der Waals surface area contributed by atoms with Gasteiger partial charge in [0, 0.05) is 12.6 Å². The fourth-order valence-corrected chi connectivity index (χ4v) is 3.98. The lowest BCUT2D eigenvalue weighted by atomic mass is 10.0. The summed E-state index contributed by atoms with van der Waals surface area (Å²) in [5.41, 5.74) is 1.59. The van der Waals surface area contributed by atoms with Crippen LogP contribution in [0.25, 0.3) is 0 Å². The highest BCUT2D eigenvalue weighted by Crippen LogP contribution is 2.40. The molecule has 9 heteroatoms. The van der Waals surface area contributed by atoms with Gasteiger partial charge in [-0.2, -0.15) is 0 Å². The lowest BCUT2D eigenvalue weighted by molar-refractivity contribution is -0.385. The molecule has 0 N–H and O–H groups in total. The van der Waals surface area contributed by atoms with Crippen molar-refractivity contribution in [3.63, 3.8) is 0 Å². The van der Waals surface area contributed by atoms with Gasteiger partial charge in [0.2, 0.25) is 0 Å². The van der Waals surface area contributed by atoms with E-state index in [1.165, 1.54) is 31.3 Å². The number of nitrogens with zero attached hydrogens (tertiary/aromatic N) is 2. The van der Waals surface area contributed by atoms with E-state index in [0.717, 1.165) is 11.1 Å². The van der Waals surface area contributed by atoms with Crippen molar-refractivity contribution in [1.29, 1.82) is 0 Å². The molecule has 0 unspecified atom stereocenters. The van der Waals surface area contributed by atoms with Gasteiger partial charge in [-0.15, -0.1) is 0 Å². The van der Waals surface area contributed by atoms with Crippen LogP contribution in [0.2, 0.25) is 0 Å². The highest BCUT2D eigenvalue weighted by molar-refractivity contribution is 6.01. The summed E-state index contributed by atoms with van der Waals surface area (Å²) in [6.45, 7) is 0.272. The maximum Gasteiger partial charge on any atom is 0.333 e. The van der Waals surface area contributed by atoms with Gasteiger partial charge < -0.3 is 19.1 Å². The van der Waals surface area contributed by atoms with Crippen molar-refractivity contribution in [1.82, 2.24) is 4.90 Å². The molecule has 3 aromatic carbocycles. The fourth-order valence-electron chi connectivity index (χ4n) is 3.98. The van der Waals surface area contributed by atoms with Crippen molar-refractivity contribution in [3.05, 3.63) is 99.1 Å². The highest BCUT2D eigenvalue weighted by atomic mass is 16.6. The molecular weight excluding hydrogens is 440 g/mol. The molecule has 4 rings (SSSR count). The van der Waals surface area contributed by atoms with E-state index in [1.54, 1.807) is 24.3 Å². The molecule has 0 bridgehead atoms. The van der Waals surface area contributed by atoms with Crippen molar-refractivity contribution in [2.45, 2.75) is 19.2 Å². The van der Waals surface area contributed by atoms with E-state index in [1.807, 2.05) is 30.3 Å². The zero-order valence-electron chi connectivity index (χ0n) is 18.6. The zero-order valence-corrected chi connectivity index (χ0v) is 18.6. The van der Waals surface area contributed by atoms with Crippen LogP contribution in [0.15, 0.2) is 66.7 Å². The number of carbonyl (C=O) groups is 2. The van der Waals surface area contributed by atoms with Crippen molar-refractivity contribution in [2.24, 2.45) is 0 Å². The van der Waals surface area contributed by atoms with Crippen molar-refractivity contribution in [3.8, 4) is 11.5 Å². The third-order valence-electron chi connectivity index (χ3n) is 5.63. The minimum absolute atomic E-state index is 0.112. The first-order chi connectivity index (χ1) is 16.4. The molecule has 0 saturated heterocycles. The van der Waals surface area contributed by atoms with Gasteiger partial charge in [-0.3, -0.25) is 14.9 Å². The summed E-state index contributed by atoms with van der Waals surface area (Å²) < 4.78 is 16.0. The Morgan fingerprint density at radius 1 is 1.03 bits per heavy atom. The summed E-state index contributed by atoms with van der Waals surface area (Å²) in [5, 5.41) is 11.9. The molecule has 3 aromatic rings. The molecular formula is C25H22N2O7. The Labute approximate surface area is 195 Å². The number of hydrogen-bond acceptors (Lipinski definition) is 7. The Morgan fingerprint density at radius 3 is 2.41 bits per heavy atom. The number of nitro groups is 1. The van der Waals surface area contributed by atoms with Gasteiger partial charge in [0.1, 0.15) is 12.2 Å². The van der Waals surface area contributed by atoms with Crippen LogP contribution >= 0.6 is 0 Å². The second kappa shape index (κ2) is 9.62. The molecule has 174 valence electrons. The summed E-state index contributed by atoms with van der Waals surface area (Å²) in [4.78, 5) is 38.6. The summed E-state index contributed by atoms with van der Waals surface area (Å²) >= 11 is 0. The molecule has 1 aliphatic rings. The summed E-state index contributed by atoms with van der Waals surface area (Å²) in [6, 6.07) is 17.8. The molecule has 0 aromatic heterocycles. The number of carbonyl (C=O) groups excluding carboxylic acids is 2. The van der Waals surface area contributed by atoms with Crippen LogP contribution in [0, 0.1) is 10.1 Å². The second-order valence-electron chi connectivity index (χ2n) is 7.61. The second-order valence-corrected chi connectivity index (χ2v) is 7.61. The average molecular weight is 462 g/mol. The van der Waals surface area contributed by atoms with E-state index < -0.39 is 28.5 Å². The van der Waals surface area contributed by atoms with Crippen LogP contribution in [-0.2, 0) is 22.7 Å². The first-order valence-corrected chi connectivity index (χ1v) is 10.4. The molecule has 34 heavy (non-hydrogen) atoms. The average Bonchev–Trinajstić information content (AvgIpc) is 3.26. The predicted molar refractivity (Wildman–Crippen MR) is 121 cm³/mol. The number of amides is 1. The Morgan fingerprint density at radius 2 is 1.74 bits per heavy atom. The van der Waals surface area contributed by atoms with Crippen LogP contribution in [-0.4, -0.2) is 35.9 Å². The van der Waals surface area contributed by atoms with Crippen molar-refractivity contribution >= 4 is 17.6 Å². The predicted octanol–water partition coefficient (Wildman–Crippen LogP) is 4.05. The van der Waals surface area contributed by atoms with E-state index in [2.05, 4.69) is 0 Å². The summed E-state index contributed by atoms with van der Waals surface area (Å²) in [7, 11) is 2.62. The van der Waals surface area contributed by atoms with E-state index in [-0.39, 0.29) is 30.2 Å². The molecule has 0 aliphatic carbocycles. The number of methoxy groups -OCH3 is 2. The summed E-state index contributed by atoms with van der Waals surface area (Å²) in [6.07, 6.45) is 0. The maximum absolute atomic E-state index is 13.5. The Kier molecular flexibility index (Phi) is 6.44. The minimum Gasteiger partial charge on any atom is -0.493 e. The van der Waals surface area contributed by atoms with Gasteiger partial charge in [0.25, 0.3) is 11.6 Å². The summed E-state index contributed by atoms with van der Waals surface area (Å²) in [5.74, 6) is -1.03. The first kappa shape index (κ1) is 22.8. The van der Waals surface area contributed by atoms with Crippen LogP contribution < -0.4 is 9.47 Å². The molecule has 1 amide bonds. The van der Waals surface area contributed by atoms with Crippen molar-refractivity contribution in [2.75, 3.05) is 14.2 Å². The molecule has 0 saturated carbocycles. The number of fused-ring (bicyclic) bond motifs is 1. The fraction of sp³-hybridized carbons (Fsp3) is 0.200. The van der Waals surface area contributed by atoms with Gasteiger partial charge >= 0.3 is 5.97 Å². The van der Waals surface area contributed by atoms with E-state index in [9.17, 15) is 19.7 Å². The number of benzene rings is 3. The number of esters is 1. The quantitative estimate of drug-likeness (QED) is 0.296. The Balaban J connectivity index is 1.71. The van der Waals surface area contributed by atoms with E-state index in [4.69, 9.17) is 14.2 Å². The molecule has 0 radical (unpaired) electrons. The molecule has 9 nitrogen and oxygen atoms in total. The van der Waals surface area contributed by atoms with E-state index in [0.29, 0.717) is 5.56 Å². The lowest BCUT2D eigenvalue weighted by Gasteiger charge is -2.23. The molecule has 1 aliphatic heterocycles. The van der Waals surface area contributed by atoms with Crippen LogP contribution in [0.5, 0.6) is 11.5 Å². The molecule has 1 heterocycles. The Bertz CT molecular complexity index is 1240. The largest absolute Gasteiger partial charge is 0.493 e. The van der Waals surface area contributed by atoms with Gasteiger partial charge in [-0.05, 0) is 16.7 Å². The smallest absolute Gasteiger partial charge is 0.333 e. The van der Waals surface area contributed by atoms with Crippen LogP contribution in [0.3, 0.4) is 0 Å².